The van der Waals surface area contributed by atoms with Crippen LogP contribution in [0.15, 0.2) is 36.4 Å². The number of ether oxygens (including phenoxy) is 1. The second-order valence-corrected chi connectivity index (χ2v) is 7.61. The zero-order chi connectivity index (χ0) is 19.8. The predicted molar refractivity (Wildman–Crippen MR) is 107 cm³/mol. The summed E-state index contributed by atoms with van der Waals surface area (Å²) in [6.45, 7) is 8.08. The van der Waals surface area contributed by atoms with Crippen molar-refractivity contribution in [3.05, 3.63) is 58.7 Å². The summed E-state index contributed by atoms with van der Waals surface area (Å²) in [6, 6.07) is 12.6. The first kappa shape index (κ1) is 19.1. The summed E-state index contributed by atoms with van der Waals surface area (Å²) in [6.07, 6.45) is 0.946. The number of carbonyl (C=O) groups is 1. The molecule has 5 heteroatoms. The molecule has 0 radical (unpaired) electrons. The van der Waals surface area contributed by atoms with Crippen LogP contribution in [0.2, 0.25) is 0 Å². The first-order valence-corrected chi connectivity index (χ1v) is 9.27. The third kappa shape index (κ3) is 3.22. The fourth-order valence-electron chi connectivity index (χ4n) is 3.92. The fourth-order valence-corrected chi connectivity index (χ4v) is 3.92. The van der Waals surface area contributed by atoms with Crippen LogP contribution in [0.3, 0.4) is 0 Å². The van der Waals surface area contributed by atoms with Crippen LogP contribution in [0.4, 0.5) is 0 Å². The Bertz CT molecular complexity index is 988. The number of rotatable bonds is 5. The first-order chi connectivity index (χ1) is 12.8. The average Bonchev–Trinajstić information content (AvgIpc) is 3.04. The van der Waals surface area contributed by atoms with E-state index in [2.05, 4.69) is 54.5 Å². The van der Waals surface area contributed by atoms with E-state index in [4.69, 9.17) is 4.74 Å². The highest BCUT2D eigenvalue weighted by Gasteiger charge is 2.41. The molecule has 0 saturated carbocycles. The predicted octanol–water partition coefficient (Wildman–Crippen LogP) is 4.17. The van der Waals surface area contributed by atoms with Gasteiger partial charge in [0.2, 0.25) is 0 Å². The molecule has 0 saturated heterocycles. The molecule has 142 valence electrons. The van der Waals surface area contributed by atoms with Crippen molar-refractivity contribution in [2.24, 2.45) is 12.5 Å². The van der Waals surface area contributed by atoms with E-state index in [-0.39, 0.29) is 11.9 Å². The van der Waals surface area contributed by atoms with Gasteiger partial charge in [-0.1, -0.05) is 42.5 Å². The highest BCUT2D eigenvalue weighted by atomic mass is 16.5. The number of methoxy groups -OCH3 is 1. The molecule has 1 heterocycles. The molecule has 3 aromatic rings. The third-order valence-electron chi connectivity index (χ3n) is 5.52. The molecule has 0 aliphatic heterocycles. The van der Waals surface area contributed by atoms with Crippen molar-refractivity contribution in [1.29, 1.82) is 0 Å². The van der Waals surface area contributed by atoms with E-state index in [0.717, 1.165) is 34.1 Å². The Balaban J connectivity index is 2.27. The molecule has 0 N–H and O–H groups in total. The van der Waals surface area contributed by atoms with E-state index < -0.39 is 5.41 Å². The molecular formula is C22H27N3O2. The smallest absolute Gasteiger partial charge is 0.312 e. The van der Waals surface area contributed by atoms with Crippen LogP contribution in [0.25, 0.3) is 11.0 Å². The van der Waals surface area contributed by atoms with E-state index in [9.17, 15) is 4.79 Å². The minimum Gasteiger partial charge on any atom is -0.469 e. The molecule has 0 fully saturated rings. The van der Waals surface area contributed by atoms with Gasteiger partial charge in [0.25, 0.3) is 0 Å². The number of esters is 1. The topological polar surface area (TPSA) is 57.0 Å². The van der Waals surface area contributed by atoms with Gasteiger partial charge in [-0.15, -0.1) is 5.10 Å². The molecule has 1 aromatic heterocycles. The molecular weight excluding hydrogens is 338 g/mol. The largest absolute Gasteiger partial charge is 0.469 e. The molecule has 0 bridgehead atoms. The highest BCUT2D eigenvalue weighted by Crippen LogP contribution is 2.44. The number of benzene rings is 2. The van der Waals surface area contributed by atoms with Crippen LogP contribution in [0.5, 0.6) is 0 Å². The average molecular weight is 365 g/mol. The van der Waals surface area contributed by atoms with Crippen LogP contribution >= 0.6 is 0 Å². The lowest BCUT2D eigenvalue weighted by Gasteiger charge is -2.34. The number of hydrogen-bond acceptors (Lipinski definition) is 4. The van der Waals surface area contributed by atoms with Crippen molar-refractivity contribution < 1.29 is 9.53 Å². The quantitative estimate of drug-likeness (QED) is 0.637. The van der Waals surface area contributed by atoms with Crippen molar-refractivity contribution in [2.75, 3.05) is 7.11 Å². The second-order valence-electron chi connectivity index (χ2n) is 7.61. The molecule has 1 unspecified atom stereocenters. The lowest BCUT2D eigenvalue weighted by atomic mass is 9.70. The molecule has 27 heavy (non-hydrogen) atoms. The molecule has 2 aromatic carbocycles. The molecule has 0 aliphatic carbocycles. The normalized spacial score (nSPS) is 13.0. The Morgan fingerprint density at radius 1 is 1.26 bits per heavy atom. The molecule has 1 atom stereocenters. The number of aryl methyl sites for hydroxylation is 3. The maximum absolute atomic E-state index is 12.7. The summed E-state index contributed by atoms with van der Waals surface area (Å²) in [7, 11) is 3.33. The van der Waals surface area contributed by atoms with Crippen LogP contribution in [-0.4, -0.2) is 28.1 Å². The van der Waals surface area contributed by atoms with E-state index >= 15 is 0 Å². The van der Waals surface area contributed by atoms with E-state index in [1.54, 1.807) is 4.68 Å². The van der Waals surface area contributed by atoms with Gasteiger partial charge < -0.3 is 4.74 Å². The maximum Gasteiger partial charge on any atom is 0.312 e. The Hall–Kier alpha value is -2.69. The summed E-state index contributed by atoms with van der Waals surface area (Å²) in [5, 5.41) is 8.48. The van der Waals surface area contributed by atoms with Crippen LogP contribution in [-0.2, 0) is 23.0 Å². The van der Waals surface area contributed by atoms with Gasteiger partial charge in [-0.25, -0.2) is 4.68 Å². The summed E-state index contributed by atoms with van der Waals surface area (Å²) in [5.74, 6) is -0.379. The van der Waals surface area contributed by atoms with Crippen LogP contribution in [0.1, 0.15) is 48.9 Å². The zero-order valence-electron chi connectivity index (χ0n) is 16.9. The Kier molecular flexibility index (Phi) is 5.05. The van der Waals surface area contributed by atoms with Gasteiger partial charge in [0, 0.05) is 13.0 Å². The summed E-state index contributed by atoms with van der Waals surface area (Å²) >= 11 is 0. The van der Waals surface area contributed by atoms with Crippen molar-refractivity contribution in [3.8, 4) is 0 Å². The van der Waals surface area contributed by atoms with Crippen molar-refractivity contribution in [1.82, 2.24) is 15.0 Å². The van der Waals surface area contributed by atoms with Crippen molar-refractivity contribution in [3.63, 3.8) is 0 Å². The first-order valence-electron chi connectivity index (χ1n) is 9.27. The number of aromatic nitrogens is 3. The van der Waals surface area contributed by atoms with Gasteiger partial charge in [0.1, 0.15) is 5.52 Å². The van der Waals surface area contributed by atoms with Gasteiger partial charge in [-0.05, 0) is 55.5 Å². The zero-order valence-corrected chi connectivity index (χ0v) is 16.9. The fraction of sp³-hybridized carbons (Fsp3) is 0.409. The Morgan fingerprint density at radius 3 is 2.67 bits per heavy atom. The molecule has 5 nitrogen and oxygen atoms in total. The summed E-state index contributed by atoms with van der Waals surface area (Å²) < 4.78 is 6.92. The van der Waals surface area contributed by atoms with Gasteiger partial charge in [0.05, 0.1) is 18.0 Å². The Labute approximate surface area is 160 Å². The third-order valence-corrected chi connectivity index (χ3v) is 5.52. The van der Waals surface area contributed by atoms with Gasteiger partial charge in [-0.2, -0.15) is 0 Å². The molecule has 3 rings (SSSR count). The standard InChI is InChI=1S/C22H27N3O2/c1-7-15-9-8-10-16(13-15)19(22(3,4)21(26)27-6)17-11-12-18-20(14(17)2)23-24-25(18)5/h8-13,19H,7H2,1-6H3. The van der Waals surface area contributed by atoms with E-state index in [1.807, 2.05) is 27.0 Å². The summed E-state index contributed by atoms with van der Waals surface area (Å²) in [5.41, 5.74) is 5.59. The number of nitrogens with zero attached hydrogens (tertiary/aromatic N) is 3. The molecule has 0 spiro atoms. The van der Waals surface area contributed by atoms with Gasteiger partial charge in [0.15, 0.2) is 0 Å². The lowest BCUT2D eigenvalue weighted by molar-refractivity contribution is -0.151. The van der Waals surface area contributed by atoms with Crippen molar-refractivity contribution in [2.45, 2.75) is 40.0 Å². The summed E-state index contributed by atoms with van der Waals surface area (Å²) in [4.78, 5) is 12.7. The SMILES string of the molecule is CCc1cccc(C(c2ccc3c(nnn3C)c2C)C(C)(C)C(=O)OC)c1. The second kappa shape index (κ2) is 7.14. The van der Waals surface area contributed by atoms with E-state index in [0.29, 0.717) is 0 Å². The van der Waals surface area contributed by atoms with Crippen LogP contribution < -0.4 is 0 Å². The van der Waals surface area contributed by atoms with Crippen LogP contribution in [0, 0.1) is 12.3 Å². The number of carbonyl (C=O) groups excluding carboxylic acids is 1. The highest BCUT2D eigenvalue weighted by molar-refractivity contribution is 5.82. The van der Waals surface area contributed by atoms with Crippen molar-refractivity contribution >= 4 is 17.0 Å². The maximum atomic E-state index is 12.7. The van der Waals surface area contributed by atoms with Gasteiger partial charge in [-0.3, -0.25) is 4.79 Å². The molecule has 0 aliphatic rings. The minimum absolute atomic E-state index is 0.150. The molecule has 0 amide bonds. The van der Waals surface area contributed by atoms with E-state index in [1.165, 1.54) is 12.7 Å². The van der Waals surface area contributed by atoms with Gasteiger partial charge >= 0.3 is 5.97 Å². The number of fused-ring (bicyclic) bond motifs is 1. The Morgan fingerprint density at radius 2 is 2.00 bits per heavy atom. The monoisotopic (exact) mass is 365 g/mol. The number of hydrogen-bond donors (Lipinski definition) is 0. The minimum atomic E-state index is -0.734. The lowest BCUT2D eigenvalue weighted by Crippen LogP contribution is -2.33.